The standard InChI is InChI=1S/C11H11ClN2O6/c1-20-11(17)8(5-15)13-10(16)7-3-2-6(12)4-9(7)14(18)19/h2-4,8,15H,5H2,1H3,(H,13,16)/t8-/m0/s1. The molecule has 1 amide bonds. The number of hydrogen-bond acceptors (Lipinski definition) is 6. The van der Waals surface area contributed by atoms with Gasteiger partial charge in [0.1, 0.15) is 5.56 Å². The summed E-state index contributed by atoms with van der Waals surface area (Å²) in [6, 6.07) is 2.17. The Morgan fingerprint density at radius 1 is 1.55 bits per heavy atom. The predicted molar refractivity (Wildman–Crippen MR) is 68.5 cm³/mol. The van der Waals surface area contributed by atoms with E-state index in [9.17, 15) is 19.7 Å². The first-order chi connectivity index (χ1) is 9.40. The quantitative estimate of drug-likeness (QED) is 0.465. The number of amides is 1. The SMILES string of the molecule is COC(=O)[C@H](CO)NC(=O)c1ccc(Cl)cc1[N+](=O)[O-]. The number of ether oxygens (including phenoxy) is 1. The highest BCUT2D eigenvalue weighted by atomic mass is 35.5. The van der Waals surface area contributed by atoms with Crippen molar-refractivity contribution >= 4 is 29.2 Å². The molecule has 0 saturated carbocycles. The van der Waals surface area contributed by atoms with E-state index in [4.69, 9.17) is 16.7 Å². The van der Waals surface area contributed by atoms with Crippen LogP contribution < -0.4 is 5.32 Å². The fourth-order valence-electron chi connectivity index (χ4n) is 1.41. The van der Waals surface area contributed by atoms with Crippen LogP contribution in [0, 0.1) is 10.1 Å². The minimum atomic E-state index is -1.30. The molecule has 0 heterocycles. The molecule has 0 spiro atoms. The lowest BCUT2D eigenvalue weighted by Crippen LogP contribution is -2.44. The largest absolute Gasteiger partial charge is 0.467 e. The van der Waals surface area contributed by atoms with Crippen molar-refractivity contribution in [3.05, 3.63) is 38.9 Å². The molecule has 0 radical (unpaired) electrons. The van der Waals surface area contributed by atoms with Gasteiger partial charge in [0.25, 0.3) is 11.6 Å². The maximum atomic E-state index is 11.9. The number of esters is 1. The van der Waals surface area contributed by atoms with Gasteiger partial charge in [0, 0.05) is 11.1 Å². The van der Waals surface area contributed by atoms with Crippen LogP contribution in [-0.4, -0.2) is 41.7 Å². The van der Waals surface area contributed by atoms with Crippen molar-refractivity contribution in [1.29, 1.82) is 0 Å². The second kappa shape index (κ2) is 6.83. The van der Waals surface area contributed by atoms with Crippen molar-refractivity contribution in [3.8, 4) is 0 Å². The Kier molecular flexibility index (Phi) is 5.42. The van der Waals surface area contributed by atoms with E-state index in [0.29, 0.717) is 0 Å². The van der Waals surface area contributed by atoms with Gasteiger partial charge in [0.15, 0.2) is 6.04 Å². The molecule has 108 valence electrons. The molecule has 1 aromatic rings. The zero-order valence-corrected chi connectivity index (χ0v) is 11.1. The van der Waals surface area contributed by atoms with Crippen LogP contribution in [-0.2, 0) is 9.53 Å². The molecule has 0 aliphatic carbocycles. The molecule has 0 unspecified atom stereocenters. The van der Waals surface area contributed by atoms with Gasteiger partial charge >= 0.3 is 5.97 Å². The molecule has 1 atom stereocenters. The molecule has 0 aliphatic rings. The zero-order chi connectivity index (χ0) is 15.3. The van der Waals surface area contributed by atoms with Gasteiger partial charge in [0.2, 0.25) is 0 Å². The zero-order valence-electron chi connectivity index (χ0n) is 10.3. The molecular weight excluding hydrogens is 292 g/mol. The number of aliphatic hydroxyl groups excluding tert-OH is 1. The topological polar surface area (TPSA) is 119 Å². The number of carbonyl (C=O) groups excluding carboxylic acids is 2. The van der Waals surface area contributed by atoms with E-state index in [0.717, 1.165) is 19.2 Å². The maximum absolute atomic E-state index is 11.9. The van der Waals surface area contributed by atoms with Crippen LogP contribution in [0.1, 0.15) is 10.4 Å². The van der Waals surface area contributed by atoms with Crippen LogP contribution in [0.3, 0.4) is 0 Å². The van der Waals surface area contributed by atoms with Gasteiger partial charge in [0.05, 0.1) is 18.6 Å². The molecule has 0 aromatic heterocycles. The van der Waals surface area contributed by atoms with Crippen LogP contribution in [0.2, 0.25) is 5.02 Å². The van der Waals surface area contributed by atoms with E-state index < -0.39 is 35.1 Å². The number of nitro groups is 1. The van der Waals surface area contributed by atoms with Crippen LogP contribution in [0.15, 0.2) is 18.2 Å². The first-order valence-corrected chi connectivity index (χ1v) is 5.72. The molecule has 20 heavy (non-hydrogen) atoms. The second-order valence-corrected chi connectivity index (χ2v) is 4.09. The highest BCUT2D eigenvalue weighted by molar-refractivity contribution is 6.31. The Morgan fingerprint density at radius 3 is 2.70 bits per heavy atom. The van der Waals surface area contributed by atoms with Gasteiger partial charge in [-0.25, -0.2) is 4.79 Å². The molecule has 0 aliphatic heterocycles. The van der Waals surface area contributed by atoms with E-state index in [1.807, 2.05) is 0 Å². The monoisotopic (exact) mass is 302 g/mol. The fourth-order valence-corrected chi connectivity index (χ4v) is 1.57. The van der Waals surface area contributed by atoms with Crippen molar-refractivity contribution < 1.29 is 24.4 Å². The van der Waals surface area contributed by atoms with Gasteiger partial charge in [-0.15, -0.1) is 0 Å². The minimum Gasteiger partial charge on any atom is -0.467 e. The van der Waals surface area contributed by atoms with Crippen LogP contribution in [0.4, 0.5) is 5.69 Å². The van der Waals surface area contributed by atoms with E-state index >= 15 is 0 Å². The number of nitro benzene ring substituents is 1. The Morgan fingerprint density at radius 2 is 2.20 bits per heavy atom. The Labute approximate surface area is 118 Å². The number of nitrogens with one attached hydrogen (secondary N) is 1. The smallest absolute Gasteiger partial charge is 0.330 e. The van der Waals surface area contributed by atoms with Gasteiger partial charge in [-0.3, -0.25) is 14.9 Å². The summed E-state index contributed by atoms with van der Waals surface area (Å²) in [6.45, 7) is -0.695. The molecule has 1 rings (SSSR count). The van der Waals surface area contributed by atoms with Crippen molar-refractivity contribution in [1.82, 2.24) is 5.32 Å². The molecule has 0 bridgehead atoms. The number of aliphatic hydroxyl groups is 1. The first kappa shape index (κ1) is 15.9. The third-order valence-electron chi connectivity index (χ3n) is 2.37. The third kappa shape index (κ3) is 3.65. The number of nitrogens with zero attached hydrogens (tertiary/aromatic N) is 1. The lowest BCUT2D eigenvalue weighted by atomic mass is 10.1. The average Bonchev–Trinajstić information content (AvgIpc) is 2.43. The summed E-state index contributed by atoms with van der Waals surface area (Å²) in [5.41, 5.74) is -0.779. The molecule has 8 nitrogen and oxygen atoms in total. The van der Waals surface area contributed by atoms with Gasteiger partial charge in [-0.1, -0.05) is 11.6 Å². The van der Waals surface area contributed by atoms with E-state index in [1.54, 1.807) is 0 Å². The first-order valence-electron chi connectivity index (χ1n) is 5.34. The van der Waals surface area contributed by atoms with Gasteiger partial charge in [-0.05, 0) is 12.1 Å². The average molecular weight is 303 g/mol. The van der Waals surface area contributed by atoms with Crippen LogP contribution >= 0.6 is 11.6 Å². The molecule has 0 fully saturated rings. The summed E-state index contributed by atoms with van der Waals surface area (Å²) in [7, 11) is 1.09. The Bertz CT molecular complexity index is 548. The van der Waals surface area contributed by atoms with E-state index in [-0.39, 0.29) is 10.6 Å². The Balaban J connectivity index is 3.03. The number of carbonyl (C=O) groups is 2. The van der Waals surface area contributed by atoms with Gasteiger partial charge < -0.3 is 15.2 Å². The van der Waals surface area contributed by atoms with Crippen molar-refractivity contribution in [3.63, 3.8) is 0 Å². The molecule has 9 heteroatoms. The summed E-state index contributed by atoms with van der Waals surface area (Å²) >= 11 is 5.62. The number of rotatable bonds is 5. The number of hydrogen-bond donors (Lipinski definition) is 2. The summed E-state index contributed by atoms with van der Waals surface area (Å²) in [6.07, 6.45) is 0. The normalized spacial score (nSPS) is 11.6. The maximum Gasteiger partial charge on any atom is 0.330 e. The third-order valence-corrected chi connectivity index (χ3v) is 2.61. The van der Waals surface area contributed by atoms with Crippen LogP contribution in [0.25, 0.3) is 0 Å². The molecule has 1 aromatic carbocycles. The number of halogens is 1. The fraction of sp³-hybridized carbons (Fsp3) is 0.273. The lowest BCUT2D eigenvalue weighted by molar-refractivity contribution is -0.385. The summed E-state index contributed by atoms with van der Waals surface area (Å²) in [4.78, 5) is 33.2. The second-order valence-electron chi connectivity index (χ2n) is 3.65. The van der Waals surface area contributed by atoms with Crippen molar-refractivity contribution in [2.24, 2.45) is 0 Å². The minimum absolute atomic E-state index is 0.0972. The number of methoxy groups -OCH3 is 1. The molecule has 0 saturated heterocycles. The van der Waals surface area contributed by atoms with Gasteiger partial charge in [-0.2, -0.15) is 0 Å². The Hall–Kier alpha value is -2.19. The van der Waals surface area contributed by atoms with Crippen molar-refractivity contribution in [2.45, 2.75) is 6.04 Å². The van der Waals surface area contributed by atoms with E-state index in [1.165, 1.54) is 6.07 Å². The predicted octanol–water partition coefficient (Wildman–Crippen LogP) is 0.512. The molecular formula is C11H11ClN2O6. The highest BCUT2D eigenvalue weighted by Gasteiger charge is 2.26. The summed E-state index contributed by atoms with van der Waals surface area (Å²) in [5, 5.41) is 22.1. The highest BCUT2D eigenvalue weighted by Crippen LogP contribution is 2.23. The summed E-state index contributed by atoms with van der Waals surface area (Å²) < 4.78 is 4.37. The number of benzene rings is 1. The molecule has 2 N–H and O–H groups in total. The van der Waals surface area contributed by atoms with E-state index in [2.05, 4.69) is 10.1 Å². The van der Waals surface area contributed by atoms with Crippen LogP contribution in [0.5, 0.6) is 0 Å². The van der Waals surface area contributed by atoms with Crippen molar-refractivity contribution in [2.75, 3.05) is 13.7 Å². The lowest BCUT2D eigenvalue weighted by Gasteiger charge is -2.13. The summed E-state index contributed by atoms with van der Waals surface area (Å²) in [5.74, 6) is -1.75.